The second-order valence-corrected chi connectivity index (χ2v) is 6.75. The number of nitrogen functional groups attached to an aromatic ring is 1. The van der Waals surface area contributed by atoms with E-state index < -0.39 is 12.1 Å². The number of para-hydroxylation sites is 1. The fourth-order valence-electron chi connectivity index (χ4n) is 3.43. The molecule has 0 aliphatic carbocycles. The topological polar surface area (TPSA) is 111 Å². The van der Waals surface area contributed by atoms with Crippen LogP contribution in [0.1, 0.15) is 45.0 Å². The number of aromatic nitrogens is 3. The monoisotopic (exact) mass is 400 g/mol. The number of aryl methyl sites for hydroxylation is 1. The van der Waals surface area contributed by atoms with Gasteiger partial charge in [-0.2, -0.15) is 0 Å². The first-order chi connectivity index (χ1) is 14.6. The lowest BCUT2D eigenvalue weighted by molar-refractivity contribution is 0.0275. The Kier molecular flexibility index (Phi) is 5.26. The molecule has 2 aromatic heterocycles. The number of ketones is 1. The number of nitrogens with zero attached hydrogens (tertiary/aromatic N) is 2. The van der Waals surface area contributed by atoms with Gasteiger partial charge in [0.05, 0.1) is 0 Å². The summed E-state index contributed by atoms with van der Waals surface area (Å²) in [7, 11) is 0. The van der Waals surface area contributed by atoms with Gasteiger partial charge < -0.3 is 15.5 Å². The van der Waals surface area contributed by atoms with E-state index in [2.05, 4.69) is 21.9 Å². The molecule has 7 nitrogen and oxygen atoms in total. The summed E-state index contributed by atoms with van der Waals surface area (Å²) in [5.41, 5.74) is 8.64. The van der Waals surface area contributed by atoms with Crippen molar-refractivity contribution < 1.29 is 14.3 Å². The SMILES string of the molecule is CCc1cccc2c(C(=O)C(OC(=O)c3nccnc3N)c3ccccc3)c[nH]c12. The van der Waals surface area contributed by atoms with Crippen LogP contribution in [-0.4, -0.2) is 26.7 Å². The maximum Gasteiger partial charge on any atom is 0.361 e. The van der Waals surface area contributed by atoms with Crippen molar-refractivity contribution in [2.24, 2.45) is 0 Å². The highest BCUT2D eigenvalue weighted by Gasteiger charge is 2.30. The number of esters is 1. The van der Waals surface area contributed by atoms with Gasteiger partial charge in [0.1, 0.15) is 0 Å². The molecule has 0 aliphatic heterocycles. The minimum atomic E-state index is -1.15. The molecule has 3 N–H and O–H groups in total. The molecule has 150 valence electrons. The Morgan fingerprint density at radius 1 is 1.07 bits per heavy atom. The molecule has 0 bridgehead atoms. The maximum atomic E-state index is 13.5. The van der Waals surface area contributed by atoms with Gasteiger partial charge in [0, 0.05) is 40.6 Å². The number of nitrogens with two attached hydrogens (primary N) is 1. The number of hydrogen-bond acceptors (Lipinski definition) is 6. The molecule has 0 saturated carbocycles. The molecule has 2 aromatic carbocycles. The van der Waals surface area contributed by atoms with Crippen molar-refractivity contribution in [3.63, 3.8) is 0 Å². The molecular formula is C23H20N4O3. The van der Waals surface area contributed by atoms with Gasteiger partial charge in [0.25, 0.3) is 0 Å². The van der Waals surface area contributed by atoms with E-state index in [-0.39, 0.29) is 17.3 Å². The van der Waals surface area contributed by atoms with E-state index in [1.54, 1.807) is 30.5 Å². The lowest BCUT2D eigenvalue weighted by Crippen LogP contribution is -2.21. The van der Waals surface area contributed by atoms with Crippen LogP contribution in [0, 0.1) is 0 Å². The summed E-state index contributed by atoms with van der Waals surface area (Å²) in [6.07, 6.45) is 4.06. The lowest BCUT2D eigenvalue weighted by Gasteiger charge is -2.17. The highest BCUT2D eigenvalue weighted by atomic mass is 16.5. The average Bonchev–Trinajstić information content (AvgIpc) is 3.22. The van der Waals surface area contributed by atoms with Crippen molar-refractivity contribution in [1.82, 2.24) is 15.0 Å². The molecule has 30 heavy (non-hydrogen) atoms. The molecule has 0 radical (unpaired) electrons. The number of ether oxygens (including phenoxy) is 1. The zero-order valence-electron chi connectivity index (χ0n) is 16.3. The summed E-state index contributed by atoms with van der Waals surface area (Å²) in [5.74, 6) is -1.20. The van der Waals surface area contributed by atoms with Crippen LogP contribution < -0.4 is 5.73 Å². The number of H-pyrrole nitrogens is 1. The van der Waals surface area contributed by atoms with Gasteiger partial charge in [-0.1, -0.05) is 55.5 Å². The number of Topliss-reactive ketones (excluding diaryl/α,β-unsaturated/α-hetero) is 1. The standard InChI is InChI=1S/C23H20N4O3/c1-2-14-9-6-10-16-17(13-27-18(14)16)20(28)21(15-7-4-3-5-8-15)30-23(29)19-22(24)26-12-11-25-19/h3-13,21,27H,2H2,1H3,(H2,24,26). The van der Waals surface area contributed by atoms with Gasteiger partial charge >= 0.3 is 5.97 Å². The zero-order chi connectivity index (χ0) is 21.1. The van der Waals surface area contributed by atoms with Crippen LogP contribution in [0.3, 0.4) is 0 Å². The van der Waals surface area contributed by atoms with Crippen molar-refractivity contribution in [3.8, 4) is 0 Å². The fraction of sp³-hybridized carbons (Fsp3) is 0.130. The van der Waals surface area contributed by atoms with E-state index in [0.29, 0.717) is 11.1 Å². The van der Waals surface area contributed by atoms with E-state index >= 15 is 0 Å². The predicted molar refractivity (Wildman–Crippen MR) is 113 cm³/mol. The predicted octanol–water partition coefficient (Wildman–Crippen LogP) is 3.88. The largest absolute Gasteiger partial charge is 0.444 e. The molecule has 1 unspecified atom stereocenters. The summed E-state index contributed by atoms with van der Waals surface area (Å²) in [6, 6.07) is 14.7. The maximum absolute atomic E-state index is 13.5. The number of carbonyl (C=O) groups excluding carboxylic acids is 2. The minimum absolute atomic E-state index is 0.0542. The van der Waals surface area contributed by atoms with Crippen molar-refractivity contribution >= 4 is 28.5 Å². The van der Waals surface area contributed by atoms with E-state index in [1.807, 2.05) is 24.3 Å². The Hall–Kier alpha value is -4.00. The smallest absolute Gasteiger partial charge is 0.361 e. The van der Waals surface area contributed by atoms with Crippen LogP contribution in [-0.2, 0) is 11.2 Å². The van der Waals surface area contributed by atoms with E-state index in [4.69, 9.17) is 10.5 Å². The highest BCUT2D eigenvalue weighted by molar-refractivity contribution is 6.11. The Morgan fingerprint density at radius 2 is 1.83 bits per heavy atom. The third-order valence-electron chi connectivity index (χ3n) is 4.93. The average molecular weight is 400 g/mol. The molecule has 0 fully saturated rings. The van der Waals surface area contributed by atoms with E-state index in [9.17, 15) is 9.59 Å². The number of rotatable bonds is 6. The summed E-state index contributed by atoms with van der Waals surface area (Å²) in [6.45, 7) is 2.05. The van der Waals surface area contributed by atoms with Crippen LogP contribution in [0.2, 0.25) is 0 Å². The van der Waals surface area contributed by atoms with Crippen LogP contribution in [0.4, 0.5) is 5.82 Å². The minimum Gasteiger partial charge on any atom is -0.444 e. The van der Waals surface area contributed by atoms with Gasteiger partial charge in [-0.25, -0.2) is 14.8 Å². The molecule has 0 spiro atoms. The third kappa shape index (κ3) is 3.53. The summed E-state index contributed by atoms with van der Waals surface area (Å²) in [4.78, 5) is 37.2. The summed E-state index contributed by atoms with van der Waals surface area (Å²) < 4.78 is 5.61. The molecule has 0 amide bonds. The van der Waals surface area contributed by atoms with Crippen LogP contribution in [0.5, 0.6) is 0 Å². The first kappa shape index (κ1) is 19.3. The van der Waals surface area contributed by atoms with Gasteiger partial charge in [-0.3, -0.25) is 4.79 Å². The van der Waals surface area contributed by atoms with Crippen molar-refractivity contribution in [3.05, 3.63) is 89.5 Å². The number of hydrogen-bond donors (Lipinski definition) is 2. The molecule has 4 aromatic rings. The van der Waals surface area contributed by atoms with E-state index in [1.165, 1.54) is 12.4 Å². The summed E-state index contributed by atoms with van der Waals surface area (Å²) in [5, 5.41) is 0.787. The number of nitrogens with one attached hydrogen (secondary N) is 1. The molecule has 0 saturated heterocycles. The van der Waals surface area contributed by atoms with Crippen molar-refractivity contribution in [2.45, 2.75) is 19.4 Å². The number of aromatic amines is 1. The molecule has 1 atom stereocenters. The lowest BCUT2D eigenvalue weighted by atomic mass is 9.98. The number of fused-ring (bicyclic) bond motifs is 1. The second kappa shape index (κ2) is 8.16. The first-order valence-electron chi connectivity index (χ1n) is 9.55. The zero-order valence-corrected chi connectivity index (χ0v) is 16.3. The van der Waals surface area contributed by atoms with E-state index in [0.717, 1.165) is 22.9 Å². The number of anilines is 1. The molecular weight excluding hydrogens is 380 g/mol. The quantitative estimate of drug-likeness (QED) is 0.375. The van der Waals surface area contributed by atoms with Crippen LogP contribution >= 0.6 is 0 Å². The molecule has 4 rings (SSSR count). The number of carbonyl (C=O) groups is 2. The van der Waals surface area contributed by atoms with Crippen molar-refractivity contribution in [2.75, 3.05) is 5.73 Å². The molecule has 0 aliphatic rings. The normalized spacial score (nSPS) is 11.9. The Labute approximate surface area is 172 Å². The Bertz CT molecular complexity index is 1220. The molecule has 7 heteroatoms. The van der Waals surface area contributed by atoms with Crippen LogP contribution in [0.25, 0.3) is 10.9 Å². The van der Waals surface area contributed by atoms with Crippen LogP contribution in [0.15, 0.2) is 67.1 Å². The number of benzene rings is 2. The second-order valence-electron chi connectivity index (χ2n) is 6.75. The molecule has 2 heterocycles. The highest BCUT2D eigenvalue weighted by Crippen LogP contribution is 2.29. The van der Waals surface area contributed by atoms with Crippen molar-refractivity contribution in [1.29, 1.82) is 0 Å². The van der Waals surface area contributed by atoms with Gasteiger partial charge in [-0.05, 0) is 12.0 Å². The van der Waals surface area contributed by atoms with Gasteiger partial charge in [-0.15, -0.1) is 0 Å². The van der Waals surface area contributed by atoms with Gasteiger partial charge in [0.2, 0.25) is 5.78 Å². The Morgan fingerprint density at radius 3 is 2.57 bits per heavy atom. The Balaban J connectivity index is 1.75. The third-order valence-corrected chi connectivity index (χ3v) is 4.93. The summed E-state index contributed by atoms with van der Waals surface area (Å²) >= 11 is 0. The first-order valence-corrected chi connectivity index (χ1v) is 9.55. The fourth-order valence-corrected chi connectivity index (χ4v) is 3.43. The van der Waals surface area contributed by atoms with Gasteiger partial charge in [0.15, 0.2) is 17.6 Å².